The van der Waals surface area contributed by atoms with E-state index < -0.39 is 11.6 Å². The molecule has 4 heteroatoms. The largest absolute Gasteiger partial charge is 0.550 e. The van der Waals surface area contributed by atoms with Gasteiger partial charge in [0.05, 0.1) is 21.1 Å². The number of carbonyl (C=O) groups excluding carboxylic acids is 1. The summed E-state index contributed by atoms with van der Waals surface area (Å²) in [4.78, 5) is 11.0. The van der Waals surface area contributed by atoms with Gasteiger partial charge < -0.3 is 19.5 Å². The van der Waals surface area contributed by atoms with Crippen molar-refractivity contribution in [3.63, 3.8) is 0 Å². The third kappa shape index (κ3) is 24.3. The second kappa shape index (κ2) is 20.7. The fourth-order valence-electron chi connectivity index (χ4n) is 5.08. The van der Waals surface area contributed by atoms with Gasteiger partial charge in [-0.1, -0.05) is 135 Å². The number of carboxylic acid groups (broad SMARTS) is 1. The molecule has 0 fully saturated rings. The molecule has 0 rings (SSSR count). The summed E-state index contributed by atoms with van der Waals surface area (Å²) in [6.45, 7) is 2.73. The Bertz CT molecular complexity index is 447. The molecule has 0 aliphatic rings. The highest BCUT2D eigenvalue weighted by atomic mass is 16.4. The van der Waals surface area contributed by atoms with Gasteiger partial charge in [-0.15, -0.1) is 0 Å². The number of hydrogen-bond acceptors (Lipinski definition) is 3. The molecule has 0 bridgehead atoms. The zero-order valence-electron chi connectivity index (χ0n) is 23.0. The van der Waals surface area contributed by atoms with Crippen LogP contribution < -0.4 is 5.11 Å². The number of unbranched alkanes of at least 4 members (excludes halogenated alkanes) is 19. The van der Waals surface area contributed by atoms with E-state index in [2.05, 4.69) is 6.92 Å². The molecule has 1 unspecified atom stereocenters. The summed E-state index contributed by atoms with van der Waals surface area (Å²) in [5, 5.41) is 21.8. The summed E-state index contributed by atoms with van der Waals surface area (Å²) >= 11 is 0. The van der Waals surface area contributed by atoms with Crippen molar-refractivity contribution in [1.82, 2.24) is 0 Å². The Balaban J connectivity index is 3.44. The predicted molar refractivity (Wildman–Crippen MR) is 140 cm³/mol. The minimum Gasteiger partial charge on any atom is -0.550 e. The molecule has 4 nitrogen and oxygen atoms in total. The maximum absolute atomic E-state index is 11.0. The molecule has 0 amide bonds. The van der Waals surface area contributed by atoms with E-state index in [9.17, 15) is 15.0 Å². The number of rotatable bonds is 25. The summed E-state index contributed by atoms with van der Waals surface area (Å²) < 4.78 is 0.559. The van der Waals surface area contributed by atoms with Crippen LogP contribution in [0, 0.1) is 0 Å². The molecule has 0 saturated heterocycles. The fraction of sp³-hybridized carbons (Fsp3) is 0.966. The summed E-state index contributed by atoms with van der Waals surface area (Å²) in [5.41, 5.74) is -1.15. The normalized spacial score (nSPS) is 13.8. The topological polar surface area (TPSA) is 60.4 Å². The van der Waals surface area contributed by atoms with Crippen LogP contribution in [0.15, 0.2) is 0 Å². The minimum absolute atomic E-state index is 0.262. The highest BCUT2D eigenvalue weighted by molar-refractivity contribution is 5.65. The van der Waals surface area contributed by atoms with Crippen LogP contribution in [-0.4, -0.2) is 48.8 Å². The molecule has 0 spiro atoms. The molecule has 0 radical (unpaired) electrons. The number of likely N-dealkylation sites (N-methyl/N-ethyl adjacent to an activating group) is 1. The zero-order valence-corrected chi connectivity index (χ0v) is 23.0. The number of aliphatic hydroxyl groups is 1. The van der Waals surface area contributed by atoms with Gasteiger partial charge in [-0.25, -0.2) is 0 Å². The Morgan fingerprint density at radius 1 is 0.636 bits per heavy atom. The fourth-order valence-corrected chi connectivity index (χ4v) is 5.08. The lowest BCUT2D eigenvalue weighted by atomic mass is 9.91. The molecule has 1 atom stereocenters. The van der Waals surface area contributed by atoms with Crippen LogP contribution in [0.25, 0.3) is 0 Å². The lowest BCUT2D eigenvalue weighted by molar-refractivity contribution is -0.877. The molecule has 0 heterocycles. The van der Waals surface area contributed by atoms with E-state index in [1.165, 1.54) is 116 Å². The third-order valence-corrected chi connectivity index (χ3v) is 6.74. The monoisotopic (exact) mass is 469 g/mol. The molecule has 0 aromatic heterocycles. The van der Waals surface area contributed by atoms with Crippen LogP contribution in [0.5, 0.6) is 0 Å². The van der Waals surface area contributed by atoms with Gasteiger partial charge in [-0.3, -0.25) is 0 Å². The maximum Gasteiger partial charge on any atom is 0.119 e. The van der Waals surface area contributed by atoms with E-state index in [4.69, 9.17) is 0 Å². The van der Waals surface area contributed by atoms with Crippen molar-refractivity contribution in [2.45, 2.75) is 154 Å². The first-order chi connectivity index (χ1) is 15.7. The number of nitrogens with zero attached hydrogens (tertiary/aromatic N) is 1. The van der Waals surface area contributed by atoms with Crippen LogP contribution in [0.4, 0.5) is 0 Å². The van der Waals surface area contributed by atoms with Crippen LogP contribution >= 0.6 is 0 Å². The molecular weight excluding hydrogens is 410 g/mol. The average molecular weight is 470 g/mol. The van der Waals surface area contributed by atoms with E-state index in [0.717, 1.165) is 12.8 Å². The van der Waals surface area contributed by atoms with Crippen LogP contribution in [0.3, 0.4) is 0 Å². The highest BCUT2D eigenvalue weighted by Crippen LogP contribution is 2.23. The molecular formula is C29H59NO3. The summed E-state index contributed by atoms with van der Waals surface area (Å²) in [7, 11) is 5.95. The number of quaternary nitrogens is 1. The molecule has 0 aliphatic carbocycles. The second-order valence-electron chi connectivity index (χ2n) is 11.7. The SMILES string of the molecule is CCCCCCCCCCCCCCCCCCCCCCC(O)(CC(=O)[O-])C[N+](C)(C)C. The lowest BCUT2D eigenvalue weighted by Crippen LogP contribution is -2.51. The average Bonchev–Trinajstić information content (AvgIpc) is 2.70. The molecule has 198 valence electrons. The van der Waals surface area contributed by atoms with Crippen molar-refractivity contribution < 1.29 is 19.5 Å². The number of carbonyl (C=O) groups is 1. The molecule has 0 aromatic rings. The summed E-state index contributed by atoms with van der Waals surface area (Å²) in [5.74, 6) is -1.15. The minimum atomic E-state index is -1.15. The van der Waals surface area contributed by atoms with Gasteiger partial charge in [0.25, 0.3) is 0 Å². The van der Waals surface area contributed by atoms with E-state index >= 15 is 0 Å². The van der Waals surface area contributed by atoms with Crippen molar-refractivity contribution in [2.24, 2.45) is 0 Å². The Labute approximate surface area is 207 Å². The van der Waals surface area contributed by atoms with E-state index in [1.54, 1.807) is 0 Å². The molecule has 33 heavy (non-hydrogen) atoms. The van der Waals surface area contributed by atoms with E-state index in [1.807, 2.05) is 21.1 Å². The Morgan fingerprint density at radius 3 is 1.21 bits per heavy atom. The van der Waals surface area contributed by atoms with Gasteiger partial charge >= 0.3 is 0 Å². The molecule has 0 aromatic carbocycles. The molecule has 0 saturated carbocycles. The highest BCUT2D eigenvalue weighted by Gasteiger charge is 2.33. The summed E-state index contributed by atoms with van der Waals surface area (Å²) in [6.07, 6.45) is 27.2. The van der Waals surface area contributed by atoms with Gasteiger partial charge in [-0.2, -0.15) is 0 Å². The van der Waals surface area contributed by atoms with Gasteiger partial charge in [-0.05, 0) is 6.42 Å². The van der Waals surface area contributed by atoms with E-state index in [0.29, 0.717) is 17.4 Å². The van der Waals surface area contributed by atoms with Crippen molar-refractivity contribution >= 4 is 5.97 Å². The quantitative estimate of drug-likeness (QED) is 0.118. The van der Waals surface area contributed by atoms with Gasteiger partial charge in [0.1, 0.15) is 12.1 Å². The Hall–Kier alpha value is -0.610. The molecule has 1 N–H and O–H groups in total. The van der Waals surface area contributed by atoms with Crippen molar-refractivity contribution in [2.75, 3.05) is 27.7 Å². The predicted octanol–water partition coefficient (Wildman–Crippen LogP) is 6.78. The summed E-state index contributed by atoms with van der Waals surface area (Å²) in [6, 6.07) is 0. The van der Waals surface area contributed by atoms with Crippen LogP contribution in [0.1, 0.15) is 148 Å². The number of carboxylic acids is 1. The maximum atomic E-state index is 11.0. The van der Waals surface area contributed by atoms with Gasteiger partial charge in [0.2, 0.25) is 0 Å². The van der Waals surface area contributed by atoms with Crippen molar-refractivity contribution in [3.05, 3.63) is 0 Å². The lowest BCUT2D eigenvalue weighted by Gasteiger charge is -2.36. The first kappa shape index (κ1) is 32.4. The Kier molecular flexibility index (Phi) is 20.4. The van der Waals surface area contributed by atoms with E-state index in [-0.39, 0.29) is 6.42 Å². The second-order valence-corrected chi connectivity index (χ2v) is 11.7. The third-order valence-electron chi connectivity index (χ3n) is 6.74. The van der Waals surface area contributed by atoms with Crippen molar-refractivity contribution in [1.29, 1.82) is 0 Å². The smallest absolute Gasteiger partial charge is 0.119 e. The number of aliphatic carboxylic acids is 1. The first-order valence-corrected chi connectivity index (χ1v) is 14.4. The van der Waals surface area contributed by atoms with Gasteiger partial charge in [0.15, 0.2) is 0 Å². The zero-order chi connectivity index (χ0) is 24.8. The van der Waals surface area contributed by atoms with Gasteiger partial charge in [0, 0.05) is 12.4 Å². The van der Waals surface area contributed by atoms with Crippen LogP contribution in [-0.2, 0) is 4.79 Å². The van der Waals surface area contributed by atoms with Crippen LogP contribution in [0.2, 0.25) is 0 Å². The molecule has 0 aliphatic heterocycles. The Morgan fingerprint density at radius 2 is 0.939 bits per heavy atom. The standard InChI is InChI=1S/C29H59NO3/c1-5-6-7-8-9-10-11-12-13-14-15-16-17-18-19-20-21-22-23-24-25-29(33,26-28(31)32)27-30(2,3)4/h33H,5-27H2,1-4H3. The number of hydrogen-bond donors (Lipinski definition) is 1. The first-order valence-electron chi connectivity index (χ1n) is 14.4. The van der Waals surface area contributed by atoms with Crippen molar-refractivity contribution in [3.8, 4) is 0 Å².